The van der Waals surface area contributed by atoms with E-state index >= 15 is 0 Å². The first-order chi connectivity index (χ1) is 11.4. The summed E-state index contributed by atoms with van der Waals surface area (Å²) in [7, 11) is 0. The summed E-state index contributed by atoms with van der Waals surface area (Å²) in [6.07, 6.45) is 1.63. The van der Waals surface area contributed by atoms with Crippen molar-refractivity contribution in [2.75, 3.05) is 6.61 Å². The number of ketones is 1. The molecule has 1 aromatic carbocycles. The van der Waals surface area contributed by atoms with Crippen LogP contribution < -0.4 is 0 Å². The second-order valence-corrected chi connectivity index (χ2v) is 6.94. The lowest BCUT2D eigenvalue weighted by Gasteiger charge is -2.39. The van der Waals surface area contributed by atoms with Crippen molar-refractivity contribution in [1.29, 1.82) is 0 Å². The van der Waals surface area contributed by atoms with Crippen molar-refractivity contribution in [2.24, 2.45) is 0 Å². The molecule has 0 radical (unpaired) electrons. The van der Waals surface area contributed by atoms with Gasteiger partial charge in [-0.2, -0.15) is 0 Å². The second kappa shape index (κ2) is 6.69. The fourth-order valence-electron chi connectivity index (χ4n) is 3.30. The summed E-state index contributed by atoms with van der Waals surface area (Å²) >= 11 is 3.39. The Labute approximate surface area is 148 Å². The first-order valence-electron chi connectivity index (χ1n) is 8.05. The van der Waals surface area contributed by atoms with Crippen LogP contribution in [0.25, 0.3) is 0 Å². The number of ether oxygens (including phenoxy) is 2. The van der Waals surface area contributed by atoms with E-state index in [2.05, 4.69) is 15.9 Å². The standard InChI is InChI=1S/C18H19BrO5/c1-2-23-17(21)18(22)10-13(11-6-8-12(19)9-7-11)16-14(20)4-3-5-15(16)24-18/h6-9,13,22H,2-5,10H2,1H3/t13-,18?/m0/s1. The number of benzene rings is 1. The molecule has 0 amide bonds. The normalized spacial score (nSPS) is 26.6. The third-order valence-corrected chi connectivity index (χ3v) is 4.93. The molecular formula is C18H19BrO5. The maximum absolute atomic E-state index is 12.4. The van der Waals surface area contributed by atoms with Gasteiger partial charge < -0.3 is 14.6 Å². The monoisotopic (exact) mass is 394 g/mol. The van der Waals surface area contributed by atoms with E-state index in [-0.39, 0.29) is 24.7 Å². The topological polar surface area (TPSA) is 72.8 Å². The molecule has 1 N–H and O–H groups in total. The Morgan fingerprint density at radius 3 is 2.75 bits per heavy atom. The SMILES string of the molecule is CCOC(=O)C1(O)C[C@@H](c2ccc(Br)cc2)C2=C(CCCC2=O)O1. The number of allylic oxidation sites excluding steroid dienone is 2. The molecule has 0 spiro atoms. The highest BCUT2D eigenvalue weighted by Crippen LogP contribution is 2.45. The minimum absolute atomic E-state index is 0.0232. The van der Waals surface area contributed by atoms with Gasteiger partial charge in [-0.25, -0.2) is 4.79 Å². The molecule has 0 bridgehead atoms. The molecule has 1 aromatic rings. The number of carbonyl (C=O) groups excluding carboxylic acids is 2. The number of aliphatic hydroxyl groups is 1. The molecule has 1 unspecified atom stereocenters. The maximum Gasteiger partial charge on any atom is 0.379 e. The second-order valence-electron chi connectivity index (χ2n) is 6.03. The smallest absolute Gasteiger partial charge is 0.379 e. The molecule has 3 rings (SSSR count). The van der Waals surface area contributed by atoms with Gasteiger partial charge in [0, 0.05) is 35.2 Å². The summed E-state index contributed by atoms with van der Waals surface area (Å²) in [5, 5.41) is 10.7. The van der Waals surface area contributed by atoms with Gasteiger partial charge >= 0.3 is 11.8 Å². The van der Waals surface area contributed by atoms with Gasteiger partial charge in [-0.15, -0.1) is 0 Å². The predicted octanol–water partition coefficient (Wildman–Crippen LogP) is 3.21. The van der Waals surface area contributed by atoms with E-state index in [1.165, 1.54) is 0 Å². The van der Waals surface area contributed by atoms with Gasteiger partial charge in [-0.3, -0.25) is 4.79 Å². The van der Waals surface area contributed by atoms with Crippen LogP contribution in [0.5, 0.6) is 0 Å². The molecule has 2 aliphatic rings. The molecule has 0 fully saturated rings. The van der Waals surface area contributed by atoms with Crippen LogP contribution in [0.2, 0.25) is 0 Å². The average Bonchev–Trinajstić information content (AvgIpc) is 2.55. The molecule has 5 nitrogen and oxygen atoms in total. The average molecular weight is 395 g/mol. The molecule has 6 heteroatoms. The summed E-state index contributed by atoms with van der Waals surface area (Å²) in [6, 6.07) is 7.53. The molecule has 128 valence electrons. The zero-order valence-corrected chi connectivity index (χ0v) is 15.0. The lowest BCUT2D eigenvalue weighted by Crippen LogP contribution is -2.48. The number of esters is 1. The van der Waals surface area contributed by atoms with Gasteiger partial charge in [0.15, 0.2) is 5.78 Å². The zero-order chi connectivity index (χ0) is 17.3. The lowest BCUT2D eigenvalue weighted by atomic mass is 9.77. The van der Waals surface area contributed by atoms with Crippen LogP contribution >= 0.6 is 15.9 Å². The van der Waals surface area contributed by atoms with Crippen LogP contribution in [0.15, 0.2) is 40.1 Å². The summed E-state index contributed by atoms with van der Waals surface area (Å²) in [5.41, 5.74) is 1.45. The van der Waals surface area contributed by atoms with E-state index in [4.69, 9.17) is 9.47 Å². The van der Waals surface area contributed by atoms with Gasteiger partial charge in [-0.05, 0) is 31.0 Å². The van der Waals surface area contributed by atoms with E-state index < -0.39 is 11.8 Å². The van der Waals surface area contributed by atoms with Gasteiger partial charge in [0.25, 0.3) is 0 Å². The van der Waals surface area contributed by atoms with Crippen LogP contribution in [0, 0.1) is 0 Å². The minimum atomic E-state index is -2.05. The van der Waals surface area contributed by atoms with Crippen LogP contribution in [0.3, 0.4) is 0 Å². The van der Waals surface area contributed by atoms with Crippen LogP contribution in [-0.4, -0.2) is 29.3 Å². The molecule has 1 aliphatic carbocycles. The molecule has 2 atom stereocenters. The fraction of sp³-hybridized carbons (Fsp3) is 0.444. The highest BCUT2D eigenvalue weighted by atomic mass is 79.9. The van der Waals surface area contributed by atoms with Crippen LogP contribution in [0.1, 0.15) is 44.1 Å². The van der Waals surface area contributed by atoms with E-state index in [1.807, 2.05) is 24.3 Å². The summed E-state index contributed by atoms with van der Waals surface area (Å²) in [4.78, 5) is 24.6. The first kappa shape index (κ1) is 17.2. The van der Waals surface area contributed by atoms with Crippen molar-refractivity contribution in [3.63, 3.8) is 0 Å². The van der Waals surface area contributed by atoms with Crippen molar-refractivity contribution >= 4 is 27.7 Å². The van der Waals surface area contributed by atoms with Gasteiger partial charge in [0.05, 0.1) is 6.61 Å². The number of Topliss-reactive ketones (excluding diaryl/α,β-unsaturated/α-hetero) is 1. The van der Waals surface area contributed by atoms with E-state index in [0.717, 1.165) is 10.0 Å². The van der Waals surface area contributed by atoms with Gasteiger partial charge in [0.2, 0.25) is 0 Å². The quantitative estimate of drug-likeness (QED) is 0.796. The molecule has 0 saturated carbocycles. The van der Waals surface area contributed by atoms with E-state index in [1.54, 1.807) is 6.92 Å². The molecule has 1 aliphatic heterocycles. The molecule has 0 aromatic heterocycles. The van der Waals surface area contributed by atoms with Crippen molar-refractivity contribution in [3.8, 4) is 0 Å². The molecule has 24 heavy (non-hydrogen) atoms. The maximum atomic E-state index is 12.4. The first-order valence-corrected chi connectivity index (χ1v) is 8.84. The summed E-state index contributed by atoms with van der Waals surface area (Å²) in [5.74, 6) is -2.80. The largest absolute Gasteiger partial charge is 0.461 e. The number of carbonyl (C=O) groups is 2. The number of halogens is 1. The van der Waals surface area contributed by atoms with Gasteiger partial charge in [-0.1, -0.05) is 28.1 Å². The molecule has 1 heterocycles. The number of hydrogen-bond donors (Lipinski definition) is 1. The van der Waals surface area contributed by atoms with E-state index in [9.17, 15) is 14.7 Å². The van der Waals surface area contributed by atoms with E-state index in [0.29, 0.717) is 30.6 Å². The Morgan fingerprint density at radius 1 is 1.38 bits per heavy atom. The number of rotatable bonds is 3. The number of hydrogen-bond acceptors (Lipinski definition) is 5. The Hall–Kier alpha value is -1.66. The van der Waals surface area contributed by atoms with Crippen LogP contribution in [0.4, 0.5) is 0 Å². The molecular weight excluding hydrogens is 376 g/mol. The Kier molecular flexibility index (Phi) is 4.78. The minimum Gasteiger partial charge on any atom is -0.461 e. The third kappa shape index (κ3) is 3.13. The van der Waals surface area contributed by atoms with Crippen molar-refractivity contribution < 1.29 is 24.2 Å². The Morgan fingerprint density at radius 2 is 2.08 bits per heavy atom. The third-order valence-electron chi connectivity index (χ3n) is 4.40. The predicted molar refractivity (Wildman–Crippen MR) is 90.1 cm³/mol. The zero-order valence-electron chi connectivity index (χ0n) is 13.4. The van der Waals surface area contributed by atoms with Crippen LogP contribution in [-0.2, 0) is 19.1 Å². The fourth-order valence-corrected chi connectivity index (χ4v) is 3.57. The van der Waals surface area contributed by atoms with Crippen molar-refractivity contribution in [1.82, 2.24) is 0 Å². The summed E-state index contributed by atoms with van der Waals surface area (Å²) in [6.45, 7) is 1.82. The van der Waals surface area contributed by atoms with Crippen molar-refractivity contribution in [3.05, 3.63) is 45.6 Å². The Balaban J connectivity index is 2.04. The lowest BCUT2D eigenvalue weighted by molar-refractivity contribution is -0.224. The summed E-state index contributed by atoms with van der Waals surface area (Å²) < 4.78 is 11.5. The highest BCUT2D eigenvalue weighted by molar-refractivity contribution is 9.10. The molecule has 0 saturated heterocycles. The highest BCUT2D eigenvalue weighted by Gasteiger charge is 2.50. The Bertz CT molecular complexity index is 694. The van der Waals surface area contributed by atoms with Gasteiger partial charge in [0.1, 0.15) is 5.76 Å². The van der Waals surface area contributed by atoms with Crippen molar-refractivity contribution in [2.45, 2.75) is 44.3 Å².